The van der Waals surface area contributed by atoms with Crippen molar-refractivity contribution in [2.75, 3.05) is 6.61 Å². The van der Waals surface area contributed by atoms with Gasteiger partial charge in [-0.2, -0.15) is 0 Å². The number of benzene rings is 1. The zero-order valence-corrected chi connectivity index (χ0v) is 9.34. The van der Waals surface area contributed by atoms with E-state index in [1.165, 1.54) is 0 Å². The molecule has 1 N–H and O–H groups in total. The fourth-order valence-electron chi connectivity index (χ4n) is 2.14. The fraction of sp³-hybridized carbons (Fsp3) is 0.500. The van der Waals surface area contributed by atoms with Crippen LogP contribution in [-0.2, 0) is 4.74 Å². The highest BCUT2D eigenvalue weighted by Crippen LogP contribution is 2.39. The molecule has 0 saturated carbocycles. The second kappa shape index (κ2) is 4.31. The highest BCUT2D eigenvalue weighted by molar-refractivity contribution is 5.25. The van der Waals surface area contributed by atoms with Crippen LogP contribution in [0.5, 0.6) is 0 Å². The molecular formula is C12H13F3O2. The monoisotopic (exact) mass is 246 g/mol. The van der Waals surface area contributed by atoms with Gasteiger partial charge in [0.2, 0.25) is 0 Å². The summed E-state index contributed by atoms with van der Waals surface area (Å²) >= 11 is 0. The first-order chi connectivity index (χ1) is 7.94. The molecule has 2 rings (SSSR count). The Bertz CT molecular complexity index is 405. The van der Waals surface area contributed by atoms with Crippen molar-refractivity contribution in [3.8, 4) is 0 Å². The Hall–Kier alpha value is -1.07. The Morgan fingerprint density at radius 2 is 1.88 bits per heavy atom. The minimum absolute atomic E-state index is 0.442. The summed E-state index contributed by atoms with van der Waals surface area (Å²) in [5.74, 6) is -3.19. The van der Waals surface area contributed by atoms with Gasteiger partial charge in [0.1, 0.15) is 23.6 Å². The van der Waals surface area contributed by atoms with Crippen LogP contribution in [0.2, 0.25) is 0 Å². The van der Waals surface area contributed by atoms with Crippen molar-refractivity contribution < 1.29 is 23.0 Å². The lowest BCUT2D eigenvalue weighted by Gasteiger charge is -2.29. The van der Waals surface area contributed by atoms with E-state index in [0.717, 1.165) is 6.42 Å². The van der Waals surface area contributed by atoms with Gasteiger partial charge >= 0.3 is 0 Å². The standard InChI is InChI=1S/C12H13F3O2/c1-12(3-2-4-17-12)11(16)10-8(14)5-7(13)6-9(10)15/h5-6,11,16H,2-4H2,1H3. The van der Waals surface area contributed by atoms with Gasteiger partial charge in [-0.15, -0.1) is 0 Å². The number of hydrogen-bond acceptors (Lipinski definition) is 2. The summed E-state index contributed by atoms with van der Waals surface area (Å²) in [5, 5.41) is 10.0. The summed E-state index contributed by atoms with van der Waals surface area (Å²) in [4.78, 5) is 0. The molecule has 1 fully saturated rings. The van der Waals surface area contributed by atoms with Crippen LogP contribution >= 0.6 is 0 Å². The quantitative estimate of drug-likeness (QED) is 0.869. The van der Waals surface area contributed by atoms with E-state index in [2.05, 4.69) is 0 Å². The summed E-state index contributed by atoms with van der Waals surface area (Å²) in [6.45, 7) is 2.03. The van der Waals surface area contributed by atoms with E-state index in [0.29, 0.717) is 25.2 Å². The van der Waals surface area contributed by atoms with E-state index in [-0.39, 0.29) is 0 Å². The molecule has 1 aromatic carbocycles. The molecule has 0 bridgehead atoms. The minimum Gasteiger partial charge on any atom is -0.385 e. The molecular weight excluding hydrogens is 233 g/mol. The van der Waals surface area contributed by atoms with Crippen LogP contribution < -0.4 is 0 Å². The van der Waals surface area contributed by atoms with Crippen LogP contribution in [0.25, 0.3) is 0 Å². The zero-order valence-electron chi connectivity index (χ0n) is 9.34. The van der Waals surface area contributed by atoms with Crippen molar-refractivity contribution in [3.63, 3.8) is 0 Å². The maximum atomic E-state index is 13.5. The molecule has 0 amide bonds. The topological polar surface area (TPSA) is 29.5 Å². The lowest BCUT2D eigenvalue weighted by molar-refractivity contribution is -0.0822. The molecule has 1 saturated heterocycles. The molecule has 1 aliphatic rings. The van der Waals surface area contributed by atoms with Crippen molar-refractivity contribution in [1.82, 2.24) is 0 Å². The minimum atomic E-state index is -1.44. The van der Waals surface area contributed by atoms with E-state index in [1.807, 2.05) is 0 Å². The second-order valence-corrected chi connectivity index (χ2v) is 4.45. The van der Waals surface area contributed by atoms with Gasteiger partial charge in [0, 0.05) is 18.7 Å². The predicted octanol–water partition coefficient (Wildman–Crippen LogP) is 2.71. The number of ether oxygens (including phenoxy) is 1. The van der Waals surface area contributed by atoms with E-state index < -0.39 is 34.7 Å². The third-order valence-corrected chi connectivity index (χ3v) is 3.14. The third-order valence-electron chi connectivity index (χ3n) is 3.14. The molecule has 5 heteroatoms. The maximum Gasteiger partial charge on any atom is 0.134 e. The molecule has 2 atom stereocenters. The van der Waals surface area contributed by atoms with Crippen LogP contribution in [0.1, 0.15) is 31.4 Å². The summed E-state index contributed by atoms with van der Waals surface area (Å²) < 4.78 is 45.1. The van der Waals surface area contributed by atoms with Crippen molar-refractivity contribution in [3.05, 3.63) is 35.1 Å². The lowest BCUT2D eigenvalue weighted by Crippen LogP contribution is -2.33. The summed E-state index contributed by atoms with van der Waals surface area (Å²) in [6.07, 6.45) is -0.215. The molecule has 2 unspecified atom stereocenters. The van der Waals surface area contributed by atoms with Gasteiger partial charge < -0.3 is 9.84 Å². The van der Waals surface area contributed by atoms with Crippen molar-refractivity contribution in [2.24, 2.45) is 0 Å². The van der Waals surface area contributed by atoms with Crippen LogP contribution in [0.3, 0.4) is 0 Å². The molecule has 94 valence electrons. The number of halogens is 3. The lowest BCUT2D eigenvalue weighted by atomic mass is 9.89. The van der Waals surface area contributed by atoms with Crippen molar-refractivity contribution in [2.45, 2.75) is 31.5 Å². The summed E-state index contributed by atoms with van der Waals surface area (Å²) in [6, 6.07) is 1.11. The highest BCUT2D eigenvalue weighted by Gasteiger charge is 2.40. The Balaban J connectivity index is 2.40. The zero-order chi connectivity index (χ0) is 12.6. The van der Waals surface area contributed by atoms with E-state index in [1.54, 1.807) is 6.92 Å². The Kier molecular flexibility index (Phi) is 3.14. The molecule has 1 heterocycles. The van der Waals surface area contributed by atoms with Crippen molar-refractivity contribution in [1.29, 1.82) is 0 Å². The van der Waals surface area contributed by atoms with Crippen LogP contribution in [-0.4, -0.2) is 17.3 Å². The summed E-state index contributed by atoms with van der Waals surface area (Å²) in [7, 11) is 0. The molecule has 1 aromatic rings. The molecule has 0 spiro atoms. The van der Waals surface area contributed by atoms with E-state index in [9.17, 15) is 18.3 Å². The van der Waals surface area contributed by atoms with Gasteiger partial charge in [-0.1, -0.05) is 0 Å². The number of aliphatic hydroxyl groups excluding tert-OH is 1. The summed E-state index contributed by atoms with van der Waals surface area (Å²) in [5.41, 5.74) is -1.55. The first kappa shape index (κ1) is 12.4. The van der Waals surface area contributed by atoms with Gasteiger partial charge in [-0.25, -0.2) is 13.2 Å². The highest BCUT2D eigenvalue weighted by atomic mass is 19.1. The third kappa shape index (κ3) is 2.17. The van der Waals surface area contributed by atoms with Crippen LogP contribution in [0.15, 0.2) is 12.1 Å². The van der Waals surface area contributed by atoms with Crippen LogP contribution in [0, 0.1) is 17.5 Å². The molecule has 0 aromatic heterocycles. The Morgan fingerprint density at radius 3 is 2.35 bits per heavy atom. The fourth-order valence-corrected chi connectivity index (χ4v) is 2.14. The Labute approximate surface area is 97.0 Å². The molecule has 1 aliphatic heterocycles. The second-order valence-electron chi connectivity index (χ2n) is 4.45. The number of rotatable bonds is 2. The largest absolute Gasteiger partial charge is 0.385 e. The van der Waals surface area contributed by atoms with Crippen molar-refractivity contribution >= 4 is 0 Å². The number of aliphatic hydroxyl groups is 1. The Morgan fingerprint density at radius 1 is 1.29 bits per heavy atom. The SMILES string of the molecule is CC1(C(O)c2c(F)cc(F)cc2F)CCCO1. The molecule has 2 nitrogen and oxygen atoms in total. The average Bonchev–Trinajstić information content (AvgIpc) is 2.64. The van der Waals surface area contributed by atoms with E-state index in [4.69, 9.17) is 4.74 Å². The van der Waals surface area contributed by atoms with Gasteiger partial charge in [0.05, 0.1) is 11.2 Å². The van der Waals surface area contributed by atoms with E-state index >= 15 is 0 Å². The van der Waals surface area contributed by atoms with Crippen LogP contribution in [0.4, 0.5) is 13.2 Å². The van der Waals surface area contributed by atoms with Gasteiger partial charge in [0.25, 0.3) is 0 Å². The maximum absolute atomic E-state index is 13.5. The van der Waals surface area contributed by atoms with Gasteiger partial charge in [0.15, 0.2) is 0 Å². The molecule has 17 heavy (non-hydrogen) atoms. The normalized spacial score (nSPS) is 26.2. The first-order valence-corrected chi connectivity index (χ1v) is 5.40. The van der Waals surface area contributed by atoms with Gasteiger partial charge in [-0.05, 0) is 19.8 Å². The van der Waals surface area contributed by atoms with Gasteiger partial charge in [-0.3, -0.25) is 0 Å². The predicted molar refractivity (Wildman–Crippen MR) is 54.9 cm³/mol. The smallest absolute Gasteiger partial charge is 0.134 e. The molecule has 0 aliphatic carbocycles. The molecule has 0 radical (unpaired) electrons. The number of hydrogen-bond donors (Lipinski definition) is 1. The average molecular weight is 246 g/mol. The first-order valence-electron chi connectivity index (χ1n) is 5.40.